The zero-order valence-electron chi connectivity index (χ0n) is 15.1. The molecule has 0 bridgehead atoms. The first-order valence-corrected chi connectivity index (χ1v) is 9.09. The minimum absolute atomic E-state index is 0.0279. The van der Waals surface area contributed by atoms with Crippen molar-refractivity contribution in [2.45, 2.75) is 18.8 Å². The van der Waals surface area contributed by atoms with E-state index in [0.717, 1.165) is 4.90 Å². The van der Waals surface area contributed by atoms with E-state index in [0.29, 0.717) is 10.7 Å². The predicted molar refractivity (Wildman–Crippen MR) is 102 cm³/mol. The van der Waals surface area contributed by atoms with Gasteiger partial charge in [-0.15, -0.1) is 0 Å². The van der Waals surface area contributed by atoms with Crippen molar-refractivity contribution < 1.29 is 19.1 Å². The fourth-order valence-corrected chi connectivity index (χ4v) is 3.64. The van der Waals surface area contributed by atoms with Crippen LogP contribution in [0.1, 0.15) is 18.9 Å². The van der Waals surface area contributed by atoms with Crippen molar-refractivity contribution >= 4 is 35.1 Å². The van der Waals surface area contributed by atoms with Crippen molar-refractivity contribution in [2.24, 2.45) is 5.92 Å². The Balaban J connectivity index is 2.14. The van der Waals surface area contributed by atoms with Crippen molar-refractivity contribution in [1.82, 2.24) is 0 Å². The lowest BCUT2D eigenvalue weighted by molar-refractivity contribution is -0.151. The van der Waals surface area contributed by atoms with Crippen LogP contribution in [-0.4, -0.2) is 24.4 Å². The predicted octanol–water partition coefficient (Wildman–Crippen LogP) is 3.24. The summed E-state index contributed by atoms with van der Waals surface area (Å²) in [6.07, 6.45) is -0.285. The Morgan fingerprint density at radius 3 is 2.57 bits per heavy atom. The van der Waals surface area contributed by atoms with Crippen molar-refractivity contribution in [1.29, 1.82) is 5.26 Å². The highest BCUT2D eigenvalue weighted by atomic mass is 35.5. The molecule has 0 saturated carbocycles. The SMILES string of the molecule is CCOC(=O)[C@](C#N)(c1cccc(Cl)c1)[C@@H]1CC(=O)N(c2ccccc2)C1=O. The third-order valence-corrected chi connectivity index (χ3v) is 4.97. The molecule has 28 heavy (non-hydrogen) atoms. The third kappa shape index (κ3) is 3.14. The van der Waals surface area contributed by atoms with Crippen LogP contribution >= 0.6 is 11.6 Å². The number of carbonyl (C=O) groups excluding carboxylic acids is 3. The molecule has 0 aliphatic carbocycles. The number of nitrogens with zero attached hydrogens (tertiary/aromatic N) is 2. The Morgan fingerprint density at radius 1 is 1.25 bits per heavy atom. The van der Waals surface area contributed by atoms with E-state index in [1.165, 1.54) is 12.1 Å². The van der Waals surface area contributed by atoms with Crippen LogP contribution in [0.25, 0.3) is 0 Å². The smallest absolute Gasteiger partial charge is 0.331 e. The molecular weight excluding hydrogens is 380 g/mol. The van der Waals surface area contributed by atoms with Crippen molar-refractivity contribution in [3.05, 3.63) is 65.2 Å². The Labute approximate surface area is 167 Å². The molecule has 0 spiro atoms. The van der Waals surface area contributed by atoms with E-state index in [9.17, 15) is 19.6 Å². The van der Waals surface area contributed by atoms with Crippen molar-refractivity contribution in [2.75, 3.05) is 11.5 Å². The number of halogens is 1. The van der Waals surface area contributed by atoms with Crippen LogP contribution in [0, 0.1) is 17.2 Å². The summed E-state index contributed by atoms with van der Waals surface area (Å²) in [7, 11) is 0. The maximum absolute atomic E-state index is 13.2. The van der Waals surface area contributed by atoms with Crippen LogP contribution in [0.5, 0.6) is 0 Å². The normalized spacial score (nSPS) is 18.5. The highest BCUT2D eigenvalue weighted by Gasteiger charge is 2.58. The number of amides is 2. The summed E-state index contributed by atoms with van der Waals surface area (Å²) in [4.78, 5) is 39.8. The fraction of sp³-hybridized carbons (Fsp3) is 0.238. The first-order valence-electron chi connectivity index (χ1n) is 8.72. The van der Waals surface area contributed by atoms with Gasteiger partial charge >= 0.3 is 5.97 Å². The number of hydrogen-bond acceptors (Lipinski definition) is 5. The van der Waals surface area contributed by atoms with Gasteiger partial charge < -0.3 is 4.74 Å². The number of rotatable bonds is 5. The molecule has 3 rings (SSSR count). The van der Waals surface area contributed by atoms with Gasteiger partial charge in [0.2, 0.25) is 11.8 Å². The molecule has 2 amide bonds. The average Bonchev–Trinajstić information content (AvgIpc) is 2.98. The Bertz CT molecular complexity index is 970. The lowest BCUT2D eigenvalue weighted by Gasteiger charge is -2.29. The van der Waals surface area contributed by atoms with Gasteiger partial charge in [0.1, 0.15) is 0 Å². The lowest BCUT2D eigenvalue weighted by Crippen LogP contribution is -2.47. The quantitative estimate of drug-likeness (QED) is 0.572. The summed E-state index contributed by atoms with van der Waals surface area (Å²) in [5.41, 5.74) is -1.36. The molecule has 1 aliphatic rings. The minimum atomic E-state index is -1.98. The fourth-order valence-electron chi connectivity index (χ4n) is 3.45. The Morgan fingerprint density at radius 2 is 1.96 bits per heavy atom. The van der Waals surface area contributed by atoms with Gasteiger partial charge in [-0.25, -0.2) is 4.79 Å². The van der Waals surface area contributed by atoms with Crippen LogP contribution < -0.4 is 4.90 Å². The van der Waals surface area contributed by atoms with E-state index >= 15 is 0 Å². The second-order valence-corrected chi connectivity index (χ2v) is 6.75. The summed E-state index contributed by atoms with van der Waals surface area (Å²) in [6.45, 7) is 1.63. The minimum Gasteiger partial charge on any atom is -0.465 e. The molecule has 7 heteroatoms. The molecule has 0 aromatic heterocycles. The van der Waals surface area contributed by atoms with Crippen LogP contribution in [0.15, 0.2) is 54.6 Å². The van der Waals surface area contributed by atoms with E-state index < -0.39 is 29.1 Å². The molecule has 0 N–H and O–H groups in total. The number of carbonyl (C=O) groups is 3. The van der Waals surface area contributed by atoms with Gasteiger partial charge in [-0.2, -0.15) is 5.26 Å². The summed E-state index contributed by atoms with van der Waals surface area (Å²) in [5, 5.41) is 10.4. The summed E-state index contributed by atoms with van der Waals surface area (Å²) in [5.74, 6) is -3.19. The van der Waals surface area contributed by atoms with Gasteiger partial charge in [0.25, 0.3) is 0 Å². The highest BCUT2D eigenvalue weighted by molar-refractivity contribution is 6.30. The first-order chi connectivity index (χ1) is 13.5. The molecule has 142 valence electrons. The van der Waals surface area contributed by atoms with E-state index in [4.69, 9.17) is 16.3 Å². The molecule has 0 radical (unpaired) electrons. The monoisotopic (exact) mass is 396 g/mol. The molecule has 2 atom stereocenters. The van der Waals surface area contributed by atoms with Crippen LogP contribution in [-0.2, 0) is 24.5 Å². The van der Waals surface area contributed by atoms with E-state index in [2.05, 4.69) is 0 Å². The van der Waals surface area contributed by atoms with E-state index in [1.54, 1.807) is 49.4 Å². The maximum atomic E-state index is 13.2. The van der Waals surface area contributed by atoms with Crippen LogP contribution in [0.3, 0.4) is 0 Å². The Hall–Kier alpha value is -3.17. The van der Waals surface area contributed by atoms with E-state index in [-0.39, 0.29) is 18.6 Å². The van der Waals surface area contributed by atoms with Crippen LogP contribution in [0.2, 0.25) is 5.02 Å². The van der Waals surface area contributed by atoms with Gasteiger partial charge in [-0.05, 0) is 36.8 Å². The van der Waals surface area contributed by atoms with Gasteiger partial charge in [0, 0.05) is 11.4 Å². The van der Waals surface area contributed by atoms with Crippen molar-refractivity contribution in [3.8, 4) is 6.07 Å². The van der Waals surface area contributed by atoms with Gasteiger partial charge in [-0.1, -0.05) is 41.9 Å². The summed E-state index contributed by atoms with van der Waals surface area (Å²) in [6, 6.07) is 16.5. The lowest BCUT2D eigenvalue weighted by atomic mass is 9.70. The first kappa shape index (κ1) is 19.6. The second-order valence-electron chi connectivity index (χ2n) is 6.31. The number of imide groups is 1. The largest absolute Gasteiger partial charge is 0.465 e. The standard InChI is InChI=1S/C21H17ClN2O4/c1-2-28-20(27)21(13-23,14-7-6-8-15(22)11-14)17-12-18(25)24(19(17)26)16-9-4-3-5-10-16/h3-11,17H,2,12H2,1H3/t17-,21-/m1/s1. The summed E-state index contributed by atoms with van der Waals surface area (Å²) >= 11 is 6.06. The van der Waals surface area contributed by atoms with Crippen LogP contribution in [0.4, 0.5) is 5.69 Å². The number of nitriles is 1. The third-order valence-electron chi connectivity index (χ3n) is 4.74. The number of benzene rings is 2. The second kappa shape index (κ2) is 7.83. The van der Waals surface area contributed by atoms with Gasteiger partial charge in [0.15, 0.2) is 5.41 Å². The number of ether oxygens (including phenoxy) is 1. The molecule has 1 fully saturated rings. The average molecular weight is 397 g/mol. The van der Waals surface area contributed by atoms with Gasteiger partial charge in [0.05, 0.1) is 24.3 Å². The Kier molecular flexibility index (Phi) is 5.48. The molecule has 1 saturated heterocycles. The highest BCUT2D eigenvalue weighted by Crippen LogP contribution is 2.42. The zero-order chi connectivity index (χ0) is 20.3. The molecule has 2 aromatic rings. The van der Waals surface area contributed by atoms with E-state index in [1.807, 2.05) is 6.07 Å². The number of hydrogen-bond donors (Lipinski definition) is 0. The molecular formula is C21H17ClN2O4. The topological polar surface area (TPSA) is 87.5 Å². The van der Waals surface area contributed by atoms with Gasteiger partial charge in [-0.3, -0.25) is 14.5 Å². The maximum Gasteiger partial charge on any atom is 0.331 e. The zero-order valence-corrected chi connectivity index (χ0v) is 15.8. The molecule has 6 nitrogen and oxygen atoms in total. The number of anilines is 1. The number of esters is 1. The number of para-hydroxylation sites is 1. The van der Waals surface area contributed by atoms with Crippen molar-refractivity contribution in [3.63, 3.8) is 0 Å². The molecule has 2 aromatic carbocycles. The summed E-state index contributed by atoms with van der Waals surface area (Å²) < 4.78 is 5.14. The molecule has 1 aliphatic heterocycles. The molecule has 0 unspecified atom stereocenters. The molecule has 1 heterocycles.